The number of nitrogens with two attached hydrogens (primary N) is 1. The topological polar surface area (TPSA) is 87.4 Å². The summed E-state index contributed by atoms with van der Waals surface area (Å²) in [6.45, 7) is 5.20. The fraction of sp³-hybridized carbons (Fsp3) is 0.500. The van der Waals surface area contributed by atoms with Gasteiger partial charge < -0.3 is 5.73 Å². The van der Waals surface area contributed by atoms with Gasteiger partial charge >= 0.3 is 0 Å². The normalized spacial score (nSPS) is 10.8. The summed E-state index contributed by atoms with van der Waals surface area (Å²) in [6.07, 6.45) is 1.69. The molecule has 0 spiro atoms. The van der Waals surface area contributed by atoms with E-state index in [1.165, 1.54) is 0 Å². The molecule has 2 N–H and O–H groups in total. The highest BCUT2D eigenvalue weighted by Crippen LogP contribution is 1.98. The van der Waals surface area contributed by atoms with E-state index in [2.05, 4.69) is 20.4 Å². The van der Waals surface area contributed by atoms with Crippen LogP contribution in [0.15, 0.2) is 6.20 Å². The summed E-state index contributed by atoms with van der Waals surface area (Å²) >= 11 is 0. The lowest BCUT2D eigenvalue weighted by Crippen LogP contribution is -2.10. The molecular weight excluding hydrogens is 194 g/mol. The van der Waals surface area contributed by atoms with E-state index in [4.69, 9.17) is 5.73 Å². The molecule has 7 heteroatoms. The van der Waals surface area contributed by atoms with Crippen molar-refractivity contribution in [1.29, 1.82) is 0 Å². The summed E-state index contributed by atoms with van der Waals surface area (Å²) in [7, 11) is 0. The first-order valence-corrected chi connectivity index (χ1v) is 4.69. The summed E-state index contributed by atoms with van der Waals surface area (Å²) in [5, 5.41) is 11.8. The number of aromatic nitrogens is 6. The third-order valence-corrected chi connectivity index (χ3v) is 2.06. The molecule has 0 saturated carbocycles. The minimum atomic E-state index is 0.432. The number of nitrogens with zero attached hydrogens (tertiary/aromatic N) is 6. The number of hydrogen-bond donors (Lipinski definition) is 1. The third-order valence-electron chi connectivity index (χ3n) is 2.06. The SMILES string of the molecule is Cc1nc(C)n(CCn2cc(N)nn2)n1. The number of aryl methyl sites for hydroxylation is 4. The molecule has 7 nitrogen and oxygen atoms in total. The Morgan fingerprint density at radius 1 is 1.33 bits per heavy atom. The van der Waals surface area contributed by atoms with E-state index in [0.717, 1.165) is 18.2 Å². The second kappa shape index (κ2) is 3.68. The average Bonchev–Trinajstić information content (AvgIpc) is 2.70. The Kier molecular flexibility index (Phi) is 2.36. The first-order chi connectivity index (χ1) is 7.15. The van der Waals surface area contributed by atoms with Crippen molar-refractivity contribution >= 4 is 5.82 Å². The second-order valence-corrected chi connectivity index (χ2v) is 3.34. The highest BCUT2D eigenvalue weighted by Gasteiger charge is 2.02. The van der Waals surface area contributed by atoms with Gasteiger partial charge in [-0.3, -0.25) is 0 Å². The Bertz CT molecular complexity index is 455. The molecule has 0 saturated heterocycles. The minimum Gasteiger partial charge on any atom is -0.381 e. The molecule has 2 aromatic heterocycles. The highest BCUT2D eigenvalue weighted by atomic mass is 15.4. The number of hydrogen-bond acceptors (Lipinski definition) is 5. The molecule has 2 aromatic rings. The van der Waals surface area contributed by atoms with E-state index in [9.17, 15) is 0 Å². The van der Waals surface area contributed by atoms with E-state index >= 15 is 0 Å². The van der Waals surface area contributed by atoms with Crippen molar-refractivity contribution in [3.63, 3.8) is 0 Å². The van der Waals surface area contributed by atoms with Crippen LogP contribution < -0.4 is 5.73 Å². The van der Waals surface area contributed by atoms with Crippen LogP contribution in [0.3, 0.4) is 0 Å². The van der Waals surface area contributed by atoms with E-state index < -0.39 is 0 Å². The van der Waals surface area contributed by atoms with Crippen molar-refractivity contribution in [2.75, 3.05) is 5.73 Å². The molecular formula is C8H13N7. The zero-order chi connectivity index (χ0) is 10.8. The van der Waals surface area contributed by atoms with Crippen molar-refractivity contribution in [2.24, 2.45) is 0 Å². The summed E-state index contributed by atoms with van der Waals surface area (Å²) in [4.78, 5) is 4.21. The number of anilines is 1. The molecule has 0 aliphatic carbocycles. The van der Waals surface area contributed by atoms with Crippen LogP contribution in [0.1, 0.15) is 11.6 Å². The van der Waals surface area contributed by atoms with Gasteiger partial charge in [0.05, 0.1) is 19.3 Å². The highest BCUT2D eigenvalue weighted by molar-refractivity contribution is 5.19. The van der Waals surface area contributed by atoms with Crippen LogP contribution >= 0.6 is 0 Å². The van der Waals surface area contributed by atoms with Gasteiger partial charge in [0.2, 0.25) is 0 Å². The second-order valence-electron chi connectivity index (χ2n) is 3.34. The lowest BCUT2D eigenvalue weighted by atomic mass is 10.6. The van der Waals surface area contributed by atoms with Crippen molar-refractivity contribution in [3.8, 4) is 0 Å². The minimum absolute atomic E-state index is 0.432. The molecule has 0 amide bonds. The first kappa shape index (κ1) is 9.63. The van der Waals surface area contributed by atoms with Crippen molar-refractivity contribution < 1.29 is 0 Å². The molecule has 0 aliphatic rings. The van der Waals surface area contributed by atoms with Crippen molar-refractivity contribution in [1.82, 2.24) is 29.8 Å². The Morgan fingerprint density at radius 3 is 2.67 bits per heavy atom. The molecule has 0 unspecified atom stereocenters. The van der Waals surface area contributed by atoms with Crippen LogP contribution in [0.5, 0.6) is 0 Å². The van der Waals surface area contributed by atoms with E-state index in [0.29, 0.717) is 12.4 Å². The largest absolute Gasteiger partial charge is 0.381 e. The summed E-state index contributed by atoms with van der Waals surface area (Å²) in [6, 6.07) is 0. The molecule has 0 bridgehead atoms. The molecule has 0 radical (unpaired) electrons. The van der Waals surface area contributed by atoms with Crippen molar-refractivity contribution in [3.05, 3.63) is 17.8 Å². The average molecular weight is 207 g/mol. The van der Waals surface area contributed by atoms with Gasteiger partial charge in [-0.1, -0.05) is 5.21 Å². The number of rotatable bonds is 3. The van der Waals surface area contributed by atoms with E-state index in [1.54, 1.807) is 10.9 Å². The van der Waals surface area contributed by atoms with Gasteiger partial charge in [-0.2, -0.15) is 5.10 Å². The lowest BCUT2D eigenvalue weighted by molar-refractivity contribution is 0.480. The molecule has 15 heavy (non-hydrogen) atoms. The fourth-order valence-corrected chi connectivity index (χ4v) is 1.39. The predicted molar refractivity (Wildman–Crippen MR) is 53.9 cm³/mol. The van der Waals surface area contributed by atoms with Gasteiger partial charge in [0.15, 0.2) is 5.82 Å². The Labute approximate surface area is 86.9 Å². The predicted octanol–water partition coefficient (Wildman–Crippen LogP) is -0.231. The quantitative estimate of drug-likeness (QED) is 0.751. The van der Waals surface area contributed by atoms with E-state index in [-0.39, 0.29) is 0 Å². The number of nitrogen functional groups attached to an aromatic ring is 1. The van der Waals surface area contributed by atoms with Crippen LogP contribution in [0.4, 0.5) is 5.82 Å². The van der Waals surface area contributed by atoms with Crippen LogP contribution in [0.25, 0.3) is 0 Å². The van der Waals surface area contributed by atoms with Gasteiger partial charge in [-0.15, -0.1) is 5.10 Å². The smallest absolute Gasteiger partial charge is 0.165 e. The lowest BCUT2D eigenvalue weighted by Gasteiger charge is -2.01. The summed E-state index contributed by atoms with van der Waals surface area (Å²) < 4.78 is 3.53. The van der Waals surface area contributed by atoms with Crippen LogP contribution in [0, 0.1) is 13.8 Å². The molecule has 0 aromatic carbocycles. The maximum absolute atomic E-state index is 5.45. The first-order valence-electron chi connectivity index (χ1n) is 4.69. The maximum Gasteiger partial charge on any atom is 0.165 e. The fourth-order valence-electron chi connectivity index (χ4n) is 1.39. The van der Waals surface area contributed by atoms with Crippen molar-refractivity contribution in [2.45, 2.75) is 26.9 Å². The Balaban J connectivity index is 2.01. The Hall–Kier alpha value is -1.92. The molecule has 2 heterocycles. The van der Waals surface area contributed by atoms with Crippen LogP contribution in [0.2, 0.25) is 0 Å². The molecule has 0 aliphatic heterocycles. The monoisotopic (exact) mass is 207 g/mol. The van der Waals surface area contributed by atoms with E-state index in [1.807, 2.05) is 18.5 Å². The van der Waals surface area contributed by atoms with Gasteiger partial charge in [0.1, 0.15) is 11.6 Å². The molecule has 0 atom stereocenters. The maximum atomic E-state index is 5.45. The Morgan fingerprint density at radius 2 is 2.13 bits per heavy atom. The zero-order valence-electron chi connectivity index (χ0n) is 8.75. The van der Waals surface area contributed by atoms with Gasteiger partial charge in [0.25, 0.3) is 0 Å². The molecule has 2 rings (SSSR count). The molecule has 0 fully saturated rings. The molecule has 80 valence electrons. The van der Waals surface area contributed by atoms with Crippen LogP contribution in [-0.4, -0.2) is 29.8 Å². The summed E-state index contributed by atoms with van der Waals surface area (Å²) in [5.41, 5.74) is 5.45. The zero-order valence-corrected chi connectivity index (χ0v) is 8.75. The van der Waals surface area contributed by atoms with Crippen LogP contribution in [-0.2, 0) is 13.1 Å². The van der Waals surface area contributed by atoms with Gasteiger partial charge in [-0.25, -0.2) is 14.3 Å². The van der Waals surface area contributed by atoms with Gasteiger partial charge in [-0.05, 0) is 13.8 Å². The van der Waals surface area contributed by atoms with Gasteiger partial charge in [0, 0.05) is 0 Å². The standard InChI is InChI=1S/C8H13N7/c1-6-10-7(2)15(12-6)4-3-14-5-8(9)11-13-14/h5H,3-4,9H2,1-2H3. The summed E-state index contributed by atoms with van der Waals surface area (Å²) in [5.74, 6) is 2.12. The third kappa shape index (κ3) is 2.12.